The van der Waals surface area contributed by atoms with Gasteiger partial charge in [0.15, 0.2) is 0 Å². The van der Waals surface area contributed by atoms with Crippen molar-refractivity contribution in [2.75, 3.05) is 0 Å². The van der Waals surface area contributed by atoms with Crippen molar-refractivity contribution >= 4 is 0 Å². The van der Waals surface area contributed by atoms with Crippen LogP contribution >= 0.6 is 0 Å². The van der Waals surface area contributed by atoms with Crippen molar-refractivity contribution in [2.24, 2.45) is 5.73 Å². The molecule has 0 fully saturated rings. The van der Waals surface area contributed by atoms with E-state index in [1.54, 1.807) is 0 Å². The van der Waals surface area contributed by atoms with Gasteiger partial charge in [-0.05, 0) is 42.9 Å². The molecule has 114 valence electrons. The van der Waals surface area contributed by atoms with E-state index in [9.17, 15) is 0 Å². The quantitative estimate of drug-likeness (QED) is 0.929. The number of aryl methyl sites for hydroxylation is 2. The van der Waals surface area contributed by atoms with Gasteiger partial charge in [0.2, 0.25) is 0 Å². The Morgan fingerprint density at radius 1 is 1.19 bits per heavy atom. The molecule has 1 aromatic heterocycles. The summed E-state index contributed by atoms with van der Waals surface area (Å²) < 4.78 is 2.00. The lowest BCUT2D eigenvalue weighted by molar-refractivity contribution is 0.565. The predicted molar refractivity (Wildman–Crippen MR) is 88.4 cm³/mol. The second-order valence-electron chi connectivity index (χ2n) is 6.78. The first-order valence-corrected chi connectivity index (χ1v) is 7.70. The van der Waals surface area contributed by atoms with Crippen LogP contribution in [0.25, 0.3) is 0 Å². The predicted octanol–water partition coefficient (Wildman–Crippen LogP) is 3.75. The lowest BCUT2D eigenvalue weighted by atomic mass is 9.86. The molecule has 0 aliphatic heterocycles. The van der Waals surface area contributed by atoms with Crippen molar-refractivity contribution in [1.82, 2.24) is 9.78 Å². The van der Waals surface area contributed by atoms with Crippen LogP contribution in [-0.2, 0) is 18.4 Å². The highest BCUT2D eigenvalue weighted by molar-refractivity contribution is 5.28. The number of nitrogens with zero attached hydrogens (tertiary/aromatic N) is 2. The van der Waals surface area contributed by atoms with E-state index < -0.39 is 0 Å². The number of nitrogens with two attached hydrogens (primary N) is 1. The van der Waals surface area contributed by atoms with Crippen molar-refractivity contribution in [1.29, 1.82) is 0 Å². The van der Waals surface area contributed by atoms with Crippen LogP contribution in [-0.4, -0.2) is 9.78 Å². The molecular formula is C18H27N3. The monoisotopic (exact) mass is 285 g/mol. The van der Waals surface area contributed by atoms with Gasteiger partial charge in [-0.3, -0.25) is 4.68 Å². The average Bonchev–Trinajstić information content (AvgIpc) is 2.79. The minimum atomic E-state index is -0.00774. The fourth-order valence-corrected chi connectivity index (χ4v) is 2.62. The highest BCUT2D eigenvalue weighted by atomic mass is 15.3. The Morgan fingerprint density at radius 3 is 2.33 bits per heavy atom. The maximum Gasteiger partial charge on any atom is 0.0597 e. The van der Waals surface area contributed by atoms with Gasteiger partial charge in [0.25, 0.3) is 0 Å². The van der Waals surface area contributed by atoms with E-state index in [0.717, 1.165) is 24.4 Å². The molecule has 1 atom stereocenters. The van der Waals surface area contributed by atoms with Crippen LogP contribution in [0.1, 0.15) is 56.3 Å². The van der Waals surface area contributed by atoms with Crippen LogP contribution in [0.5, 0.6) is 0 Å². The number of aromatic nitrogens is 2. The van der Waals surface area contributed by atoms with Crippen LogP contribution in [0, 0.1) is 6.92 Å². The third-order valence-corrected chi connectivity index (χ3v) is 3.89. The molecule has 0 saturated carbocycles. The number of hydrogen-bond acceptors (Lipinski definition) is 2. The molecule has 3 nitrogen and oxygen atoms in total. The van der Waals surface area contributed by atoms with Gasteiger partial charge in [-0.2, -0.15) is 5.10 Å². The van der Waals surface area contributed by atoms with Crippen LogP contribution in [0.4, 0.5) is 0 Å². The van der Waals surface area contributed by atoms with Crippen LogP contribution in [0.3, 0.4) is 0 Å². The SMILES string of the molecule is CCn1nc(C)cc1C(N)Cc1ccc(C(C)(C)C)cc1. The average molecular weight is 285 g/mol. The summed E-state index contributed by atoms with van der Waals surface area (Å²) in [7, 11) is 0. The molecule has 21 heavy (non-hydrogen) atoms. The van der Waals surface area contributed by atoms with Crippen LogP contribution in [0.15, 0.2) is 30.3 Å². The summed E-state index contributed by atoms with van der Waals surface area (Å²) >= 11 is 0. The zero-order valence-corrected chi connectivity index (χ0v) is 13.9. The van der Waals surface area contributed by atoms with Crippen molar-refractivity contribution in [2.45, 2.75) is 59.0 Å². The molecular weight excluding hydrogens is 258 g/mol. The summed E-state index contributed by atoms with van der Waals surface area (Å²) in [6.45, 7) is 11.7. The Hall–Kier alpha value is -1.61. The van der Waals surface area contributed by atoms with E-state index >= 15 is 0 Å². The molecule has 0 spiro atoms. The minimum Gasteiger partial charge on any atom is -0.322 e. The fourth-order valence-electron chi connectivity index (χ4n) is 2.62. The summed E-state index contributed by atoms with van der Waals surface area (Å²) in [6, 6.07) is 10.9. The summed E-state index contributed by atoms with van der Waals surface area (Å²) in [5, 5.41) is 4.47. The Balaban J connectivity index is 2.14. The molecule has 2 aromatic rings. The standard InChI is InChI=1S/C18H27N3/c1-6-21-17(11-13(2)20-21)16(19)12-14-7-9-15(10-8-14)18(3,4)5/h7-11,16H,6,12,19H2,1-5H3. The van der Waals surface area contributed by atoms with Gasteiger partial charge in [-0.15, -0.1) is 0 Å². The molecule has 1 heterocycles. The molecule has 0 saturated heterocycles. The lowest BCUT2D eigenvalue weighted by Crippen LogP contribution is -2.18. The lowest BCUT2D eigenvalue weighted by Gasteiger charge is -2.20. The summed E-state index contributed by atoms with van der Waals surface area (Å²) in [4.78, 5) is 0. The third kappa shape index (κ3) is 3.73. The molecule has 0 aliphatic rings. The number of benzene rings is 1. The van der Waals surface area contributed by atoms with Gasteiger partial charge in [0.05, 0.1) is 17.4 Å². The third-order valence-electron chi connectivity index (χ3n) is 3.89. The highest BCUT2D eigenvalue weighted by Crippen LogP contribution is 2.24. The largest absolute Gasteiger partial charge is 0.322 e. The van der Waals surface area contributed by atoms with E-state index in [4.69, 9.17) is 5.73 Å². The Labute approximate surface area is 128 Å². The van der Waals surface area contributed by atoms with Gasteiger partial charge >= 0.3 is 0 Å². The molecule has 2 N–H and O–H groups in total. The van der Waals surface area contributed by atoms with Crippen molar-refractivity contribution in [3.63, 3.8) is 0 Å². The maximum atomic E-state index is 6.38. The second kappa shape index (κ2) is 6.02. The van der Waals surface area contributed by atoms with Gasteiger partial charge in [0.1, 0.15) is 0 Å². The van der Waals surface area contributed by atoms with Crippen LogP contribution in [0.2, 0.25) is 0 Å². The molecule has 0 amide bonds. The summed E-state index contributed by atoms with van der Waals surface area (Å²) in [6.07, 6.45) is 0.843. The van der Waals surface area contributed by atoms with Gasteiger partial charge < -0.3 is 5.73 Å². The van der Waals surface area contributed by atoms with E-state index in [-0.39, 0.29) is 11.5 Å². The van der Waals surface area contributed by atoms with E-state index in [0.29, 0.717) is 0 Å². The van der Waals surface area contributed by atoms with Gasteiger partial charge in [-0.1, -0.05) is 45.0 Å². The number of rotatable bonds is 4. The zero-order valence-electron chi connectivity index (χ0n) is 13.9. The first-order valence-electron chi connectivity index (χ1n) is 7.70. The molecule has 2 rings (SSSR count). The number of hydrogen-bond donors (Lipinski definition) is 1. The highest BCUT2D eigenvalue weighted by Gasteiger charge is 2.15. The van der Waals surface area contributed by atoms with E-state index in [1.165, 1.54) is 11.1 Å². The van der Waals surface area contributed by atoms with Gasteiger partial charge in [0, 0.05) is 6.54 Å². The first-order chi connectivity index (χ1) is 9.81. The molecule has 0 bridgehead atoms. The van der Waals surface area contributed by atoms with Crippen molar-refractivity contribution in [3.05, 3.63) is 52.8 Å². The minimum absolute atomic E-state index is 0.00774. The van der Waals surface area contributed by atoms with Crippen molar-refractivity contribution in [3.8, 4) is 0 Å². The topological polar surface area (TPSA) is 43.8 Å². The first kappa shape index (κ1) is 15.8. The summed E-state index contributed by atoms with van der Waals surface area (Å²) in [5.41, 5.74) is 11.4. The Kier molecular flexibility index (Phi) is 4.52. The normalized spacial score (nSPS) is 13.4. The zero-order chi connectivity index (χ0) is 15.6. The van der Waals surface area contributed by atoms with Crippen molar-refractivity contribution < 1.29 is 0 Å². The molecule has 0 aliphatic carbocycles. The smallest absolute Gasteiger partial charge is 0.0597 e. The maximum absolute atomic E-state index is 6.38. The fraction of sp³-hybridized carbons (Fsp3) is 0.500. The van der Waals surface area contributed by atoms with Gasteiger partial charge in [-0.25, -0.2) is 0 Å². The second-order valence-corrected chi connectivity index (χ2v) is 6.78. The molecule has 0 radical (unpaired) electrons. The molecule has 3 heteroatoms. The Bertz CT molecular complexity index is 588. The molecule has 1 aromatic carbocycles. The summed E-state index contributed by atoms with van der Waals surface area (Å²) in [5.74, 6) is 0. The van der Waals surface area contributed by atoms with E-state index in [1.807, 2.05) is 11.6 Å². The van der Waals surface area contributed by atoms with Crippen LogP contribution < -0.4 is 5.73 Å². The molecule has 1 unspecified atom stereocenters. The Morgan fingerprint density at radius 2 is 1.81 bits per heavy atom. The van der Waals surface area contributed by atoms with E-state index in [2.05, 4.69) is 63.1 Å².